The third-order valence-electron chi connectivity index (χ3n) is 2.55. The summed E-state index contributed by atoms with van der Waals surface area (Å²) in [6.07, 6.45) is 3.53. The normalized spacial score (nSPS) is 10.3. The van der Waals surface area contributed by atoms with E-state index in [-0.39, 0.29) is 0 Å². The fraction of sp³-hybridized carbons (Fsp3) is 0.167. The number of carbonyl (C=O) groups excluding carboxylic acids is 1. The second-order valence-electron chi connectivity index (χ2n) is 3.88. The molecular formula is C12H15N5O. The summed E-state index contributed by atoms with van der Waals surface area (Å²) in [4.78, 5) is 11.3. The molecule has 1 aromatic carbocycles. The molecule has 5 N–H and O–H groups in total. The summed E-state index contributed by atoms with van der Waals surface area (Å²) in [5.41, 5.74) is 13.2. The molecule has 94 valence electrons. The van der Waals surface area contributed by atoms with E-state index in [0.717, 1.165) is 12.2 Å². The monoisotopic (exact) mass is 245 g/mol. The molecule has 1 amide bonds. The van der Waals surface area contributed by atoms with E-state index >= 15 is 0 Å². The van der Waals surface area contributed by atoms with Gasteiger partial charge in [0.05, 0.1) is 23.1 Å². The number of rotatable bonds is 4. The van der Waals surface area contributed by atoms with E-state index in [2.05, 4.69) is 10.4 Å². The van der Waals surface area contributed by atoms with Gasteiger partial charge in [-0.15, -0.1) is 0 Å². The Hall–Kier alpha value is -2.50. The van der Waals surface area contributed by atoms with Crippen LogP contribution in [0.2, 0.25) is 0 Å². The van der Waals surface area contributed by atoms with Crippen LogP contribution in [-0.2, 0) is 6.54 Å². The molecule has 0 radical (unpaired) electrons. The first-order valence-corrected chi connectivity index (χ1v) is 5.59. The Bertz CT molecular complexity index is 576. The Balaban J connectivity index is 2.30. The summed E-state index contributed by atoms with van der Waals surface area (Å²) in [5, 5.41) is 7.23. The average molecular weight is 245 g/mol. The van der Waals surface area contributed by atoms with Crippen molar-refractivity contribution in [2.24, 2.45) is 5.73 Å². The molecule has 0 atom stereocenters. The molecule has 0 aliphatic heterocycles. The molecule has 0 unspecified atom stereocenters. The zero-order chi connectivity index (χ0) is 13.1. The highest BCUT2D eigenvalue weighted by Crippen LogP contribution is 2.22. The number of nitrogens with one attached hydrogen (secondary N) is 1. The fourth-order valence-corrected chi connectivity index (χ4v) is 1.63. The Morgan fingerprint density at radius 3 is 2.89 bits per heavy atom. The number of anilines is 3. The lowest BCUT2D eigenvalue weighted by Crippen LogP contribution is -2.13. The predicted octanol–water partition coefficient (Wildman–Crippen LogP) is 1.33. The lowest BCUT2D eigenvalue weighted by atomic mass is 10.1. The van der Waals surface area contributed by atoms with Gasteiger partial charge in [-0.2, -0.15) is 5.10 Å². The quantitative estimate of drug-likeness (QED) is 0.707. The van der Waals surface area contributed by atoms with Crippen LogP contribution in [0, 0.1) is 0 Å². The van der Waals surface area contributed by atoms with Crippen molar-refractivity contribution in [1.82, 2.24) is 9.78 Å². The van der Waals surface area contributed by atoms with Crippen molar-refractivity contribution in [3.05, 3.63) is 36.2 Å². The molecule has 6 nitrogen and oxygen atoms in total. The smallest absolute Gasteiger partial charge is 0.250 e. The molecule has 0 bridgehead atoms. The zero-order valence-corrected chi connectivity index (χ0v) is 10.1. The summed E-state index contributed by atoms with van der Waals surface area (Å²) in [7, 11) is 0. The van der Waals surface area contributed by atoms with Gasteiger partial charge >= 0.3 is 0 Å². The number of nitrogens with two attached hydrogens (primary N) is 2. The van der Waals surface area contributed by atoms with Gasteiger partial charge < -0.3 is 16.8 Å². The number of amides is 1. The van der Waals surface area contributed by atoms with E-state index in [4.69, 9.17) is 11.5 Å². The van der Waals surface area contributed by atoms with E-state index < -0.39 is 5.91 Å². The molecule has 0 saturated heterocycles. The molecule has 0 aliphatic rings. The van der Waals surface area contributed by atoms with Gasteiger partial charge in [0, 0.05) is 18.4 Å². The molecule has 2 rings (SSSR count). The maximum Gasteiger partial charge on any atom is 0.250 e. The Morgan fingerprint density at radius 2 is 2.28 bits per heavy atom. The molecule has 0 saturated carbocycles. The van der Waals surface area contributed by atoms with E-state index in [1.807, 2.05) is 13.1 Å². The third kappa shape index (κ3) is 2.42. The highest BCUT2D eigenvalue weighted by atomic mass is 16.1. The summed E-state index contributed by atoms with van der Waals surface area (Å²) >= 11 is 0. The minimum absolute atomic E-state index is 0.360. The van der Waals surface area contributed by atoms with Gasteiger partial charge in [0.1, 0.15) is 0 Å². The molecule has 0 fully saturated rings. The molecule has 6 heteroatoms. The molecule has 2 aromatic rings. The number of nitrogens with zero attached hydrogens (tertiary/aromatic N) is 2. The van der Waals surface area contributed by atoms with Crippen LogP contribution < -0.4 is 16.8 Å². The van der Waals surface area contributed by atoms with Gasteiger partial charge in [-0.1, -0.05) is 0 Å². The minimum Gasteiger partial charge on any atom is -0.399 e. The van der Waals surface area contributed by atoms with Crippen molar-refractivity contribution in [2.45, 2.75) is 13.5 Å². The maximum absolute atomic E-state index is 11.3. The SMILES string of the molecule is CCn1cc(Nc2ccc(N)cc2C(N)=O)cn1. The first kappa shape index (κ1) is 12.0. The lowest BCUT2D eigenvalue weighted by Gasteiger charge is -2.08. The van der Waals surface area contributed by atoms with Gasteiger partial charge in [0.2, 0.25) is 0 Å². The number of carbonyl (C=O) groups is 1. The van der Waals surface area contributed by atoms with Crippen LogP contribution in [0.1, 0.15) is 17.3 Å². The summed E-state index contributed by atoms with van der Waals surface area (Å²) in [6, 6.07) is 4.98. The largest absolute Gasteiger partial charge is 0.399 e. The number of nitrogen functional groups attached to an aromatic ring is 1. The molecular weight excluding hydrogens is 230 g/mol. The Morgan fingerprint density at radius 1 is 1.50 bits per heavy atom. The number of hydrogen-bond acceptors (Lipinski definition) is 4. The van der Waals surface area contributed by atoms with Crippen LogP contribution in [0.3, 0.4) is 0 Å². The van der Waals surface area contributed by atoms with Gasteiger partial charge in [-0.3, -0.25) is 9.48 Å². The van der Waals surface area contributed by atoms with Crippen LogP contribution >= 0.6 is 0 Å². The summed E-state index contributed by atoms with van der Waals surface area (Å²) in [5.74, 6) is -0.521. The Kier molecular flexibility index (Phi) is 3.18. The van der Waals surface area contributed by atoms with E-state index in [9.17, 15) is 4.79 Å². The molecule has 1 aromatic heterocycles. The first-order valence-electron chi connectivity index (χ1n) is 5.59. The Labute approximate surface area is 105 Å². The fourth-order valence-electron chi connectivity index (χ4n) is 1.63. The number of benzene rings is 1. The van der Waals surface area contributed by atoms with Crippen LogP contribution in [0.5, 0.6) is 0 Å². The van der Waals surface area contributed by atoms with Crippen LogP contribution in [0.15, 0.2) is 30.6 Å². The summed E-state index contributed by atoms with van der Waals surface area (Å²) in [6.45, 7) is 2.78. The van der Waals surface area contributed by atoms with E-state index in [0.29, 0.717) is 16.9 Å². The molecule has 1 heterocycles. The standard InChI is InChI=1S/C12H15N5O/c1-2-17-7-9(6-15-17)16-11-4-3-8(13)5-10(11)12(14)18/h3-7,16H,2,13H2,1H3,(H2,14,18). The van der Waals surface area contributed by atoms with Gasteiger partial charge in [-0.05, 0) is 25.1 Å². The van der Waals surface area contributed by atoms with Gasteiger partial charge in [0.25, 0.3) is 5.91 Å². The van der Waals surface area contributed by atoms with Gasteiger partial charge in [0.15, 0.2) is 0 Å². The molecule has 0 aliphatic carbocycles. The number of primary amides is 1. The second-order valence-corrected chi connectivity index (χ2v) is 3.88. The maximum atomic E-state index is 11.3. The average Bonchev–Trinajstić information content (AvgIpc) is 2.79. The number of aromatic nitrogens is 2. The highest BCUT2D eigenvalue weighted by Gasteiger charge is 2.09. The number of hydrogen-bond donors (Lipinski definition) is 3. The minimum atomic E-state index is -0.521. The van der Waals surface area contributed by atoms with Crippen molar-refractivity contribution >= 4 is 23.0 Å². The molecule has 18 heavy (non-hydrogen) atoms. The van der Waals surface area contributed by atoms with E-state index in [1.165, 1.54) is 0 Å². The van der Waals surface area contributed by atoms with Crippen LogP contribution in [0.4, 0.5) is 17.1 Å². The molecule has 0 spiro atoms. The van der Waals surface area contributed by atoms with Crippen molar-refractivity contribution in [3.8, 4) is 0 Å². The number of aryl methyl sites for hydroxylation is 1. The third-order valence-corrected chi connectivity index (χ3v) is 2.55. The lowest BCUT2D eigenvalue weighted by molar-refractivity contribution is 0.100. The zero-order valence-electron chi connectivity index (χ0n) is 10.1. The van der Waals surface area contributed by atoms with Crippen molar-refractivity contribution in [1.29, 1.82) is 0 Å². The first-order chi connectivity index (χ1) is 8.60. The predicted molar refractivity (Wildman–Crippen MR) is 70.6 cm³/mol. The van der Waals surface area contributed by atoms with Crippen molar-refractivity contribution in [2.75, 3.05) is 11.1 Å². The topological polar surface area (TPSA) is 99.0 Å². The summed E-state index contributed by atoms with van der Waals surface area (Å²) < 4.78 is 1.78. The van der Waals surface area contributed by atoms with Crippen molar-refractivity contribution < 1.29 is 4.79 Å². The highest BCUT2D eigenvalue weighted by molar-refractivity contribution is 6.00. The van der Waals surface area contributed by atoms with Crippen molar-refractivity contribution in [3.63, 3.8) is 0 Å². The van der Waals surface area contributed by atoms with E-state index in [1.54, 1.807) is 29.1 Å². The van der Waals surface area contributed by atoms with Gasteiger partial charge in [-0.25, -0.2) is 0 Å². The van der Waals surface area contributed by atoms with Crippen LogP contribution in [-0.4, -0.2) is 15.7 Å². The van der Waals surface area contributed by atoms with Crippen LogP contribution in [0.25, 0.3) is 0 Å². The second kappa shape index (κ2) is 4.79.